The van der Waals surface area contributed by atoms with Crippen molar-refractivity contribution in [1.29, 1.82) is 0 Å². The number of hydrogen-bond acceptors (Lipinski definition) is 2. The summed E-state index contributed by atoms with van der Waals surface area (Å²) in [6, 6.07) is 10.0. The second-order valence-electron chi connectivity index (χ2n) is 5.11. The average molecular weight is 285 g/mol. The summed E-state index contributed by atoms with van der Waals surface area (Å²) in [5.74, 6) is 0.647. The SMILES string of the molecule is COC(OCCCC(C)CC(C)Cl)c1ccccc1. The van der Waals surface area contributed by atoms with E-state index in [9.17, 15) is 0 Å². The maximum Gasteiger partial charge on any atom is 0.183 e. The number of halogens is 1. The molecule has 0 amide bonds. The van der Waals surface area contributed by atoms with Gasteiger partial charge in [-0.05, 0) is 32.1 Å². The van der Waals surface area contributed by atoms with Crippen LogP contribution in [-0.2, 0) is 9.47 Å². The van der Waals surface area contributed by atoms with E-state index in [-0.39, 0.29) is 11.7 Å². The molecular formula is C16H25ClO2. The fourth-order valence-electron chi connectivity index (χ4n) is 2.20. The molecule has 3 atom stereocenters. The Balaban J connectivity index is 2.24. The van der Waals surface area contributed by atoms with Crippen molar-refractivity contribution in [2.45, 2.75) is 44.8 Å². The zero-order chi connectivity index (χ0) is 14.1. The van der Waals surface area contributed by atoms with Crippen molar-refractivity contribution in [2.75, 3.05) is 13.7 Å². The lowest BCUT2D eigenvalue weighted by molar-refractivity contribution is -0.128. The highest BCUT2D eigenvalue weighted by atomic mass is 35.5. The number of hydrogen-bond donors (Lipinski definition) is 0. The first-order valence-corrected chi connectivity index (χ1v) is 7.40. The van der Waals surface area contributed by atoms with Crippen LogP contribution in [0.3, 0.4) is 0 Å². The van der Waals surface area contributed by atoms with Gasteiger partial charge in [-0.3, -0.25) is 0 Å². The lowest BCUT2D eigenvalue weighted by Crippen LogP contribution is -2.09. The molecule has 1 aromatic rings. The molecule has 1 aromatic carbocycles. The summed E-state index contributed by atoms with van der Waals surface area (Å²) in [5, 5.41) is 0.256. The highest BCUT2D eigenvalue weighted by molar-refractivity contribution is 6.20. The largest absolute Gasteiger partial charge is 0.352 e. The Kier molecular flexibility index (Phi) is 8.11. The zero-order valence-corrected chi connectivity index (χ0v) is 12.9. The normalized spacial score (nSPS) is 16.0. The molecule has 0 N–H and O–H groups in total. The molecule has 108 valence electrons. The van der Waals surface area contributed by atoms with Crippen molar-refractivity contribution in [2.24, 2.45) is 5.92 Å². The Morgan fingerprint density at radius 2 is 1.84 bits per heavy atom. The molecule has 0 bridgehead atoms. The molecular weight excluding hydrogens is 260 g/mol. The minimum absolute atomic E-state index is 0.256. The van der Waals surface area contributed by atoms with Crippen LogP contribution in [0, 0.1) is 5.92 Å². The molecule has 3 unspecified atom stereocenters. The number of ether oxygens (including phenoxy) is 2. The van der Waals surface area contributed by atoms with Crippen LogP contribution >= 0.6 is 11.6 Å². The van der Waals surface area contributed by atoms with Gasteiger partial charge in [0.25, 0.3) is 0 Å². The number of methoxy groups -OCH3 is 1. The molecule has 1 rings (SSSR count). The van der Waals surface area contributed by atoms with E-state index in [1.54, 1.807) is 7.11 Å². The Labute approximate surface area is 122 Å². The molecule has 0 heterocycles. The number of benzene rings is 1. The Morgan fingerprint density at radius 1 is 1.16 bits per heavy atom. The van der Waals surface area contributed by atoms with Crippen molar-refractivity contribution < 1.29 is 9.47 Å². The van der Waals surface area contributed by atoms with Gasteiger partial charge in [-0.1, -0.05) is 37.3 Å². The molecule has 2 nitrogen and oxygen atoms in total. The minimum Gasteiger partial charge on any atom is -0.352 e. The van der Waals surface area contributed by atoms with Crippen LogP contribution in [0.25, 0.3) is 0 Å². The summed E-state index contributed by atoms with van der Waals surface area (Å²) in [5.41, 5.74) is 1.06. The average Bonchev–Trinajstić information content (AvgIpc) is 2.39. The zero-order valence-electron chi connectivity index (χ0n) is 12.1. The molecule has 0 aliphatic heterocycles. The van der Waals surface area contributed by atoms with Crippen molar-refractivity contribution in [3.05, 3.63) is 35.9 Å². The second-order valence-corrected chi connectivity index (χ2v) is 5.86. The van der Waals surface area contributed by atoms with E-state index in [1.165, 1.54) is 0 Å². The van der Waals surface area contributed by atoms with Crippen molar-refractivity contribution >= 4 is 11.6 Å². The Morgan fingerprint density at radius 3 is 2.42 bits per heavy atom. The molecule has 19 heavy (non-hydrogen) atoms. The summed E-state index contributed by atoms with van der Waals surface area (Å²) in [4.78, 5) is 0. The van der Waals surface area contributed by atoms with Gasteiger partial charge >= 0.3 is 0 Å². The smallest absolute Gasteiger partial charge is 0.183 e. The van der Waals surface area contributed by atoms with Crippen LogP contribution < -0.4 is 0 Å². The summed E-state index contributed by atoms with van der Waals surface area (Å²) in [6.45, 7) is 5.00. The number of alkyl halides is 1. The summed E-state index contributed by atoms with van der Waals surface area (Å²) in [6.07, 6.45) is 2.98. The van der Waals surface area contributed by atoms with E-state index in [0.29, 0.717) is 12.5 Å². The third-order valence-electron chi connectivity index (χ3n) is 3.12. The Bertz CT molecular complexity index is 327. The fraction of sp³-hybridized carbons (Fsp3) is 0.625. The molecule has 3 heteroatoms. The number of rotatable bonds is 9. The fourth-order valence-corrected chi connectivity index (χ4v) is 2.51. The first-order valence-electron chi connectivity index (χ1n) is 6.97. The molecule has 0 aliphatic rings. The topological polar surface area (TPSA) is 18.5 Å². The molecule has 0 radical (unpaired) electrons. The monoisotopic (exact) mass is 284 g/mol. The first-order chi connectivity index (χ1) is 9.13. The van der Waals surface area contributed by atoms with E-state index in [4.69, 9.17) is 21.1 Å². The third kappa shape index (κ3) is 6.95. The Hall–Kier alpha value is -0.570. The molecule has 0 fully saturated rings. The van der Waals surface area contributed by atoms with Gasteiger partial charge < -0.3 is 9.47 Å². The second kappa shape index (κ2) is 9.35. The van der Waals surface area contributed by atoms with E-state index in [2.05, 4.69) is 6.92 Å². The first kappa shape index (κ1) is 16.5. The van der Waals surface area contributed by atoms with Gasteiger partial charge in [0.05, 0.1) is 6.61 Å². The van der Waals surface area contributed by atoms with Crippen LogP contribution in [0.15, 0.2) is 30.3 Å². The minimum atomic E-state index is -0.261. The van der Waals surface area contributed by atoms with Crippen LogP contribution in [0.4, 0.5) is 0 Å². The van der Waals surface area contributed by atoms with Crippen LogP contribution in [0.1, 0.15) is 45.0 Å². The van der Waals surface area contributed by atoms with Gasteiger partial charge in [-0.2, -0.15) is 0 Å². The van der Waals surface area contributed by atoms with Gasteiger partial charge in [0.1, 0.15) is 0 Å². The predicted octanol–water partition coefficient (Wildman–Crippen LogP) is 4.78. The summed E-state index contributed by atoms with van der Waals surface area (Å²) < 4.78 is 11.1. The van der Waals surface area contributed by atoms with E-state index in [0.717, 1.165) is 24.8 Å². The lowest BCUT2D eigenvalue weighted by atomic mass is 10.0. The van der Waals surface area contributed by atoms with Gasteiger partial charge in [-0.25, -0.2) is 0 Å². The van der Waals surface area contributed by atoms with E-state index >= 15 is 0 Å². The molecule has 0 saturated heterocycles. The maximum atomic E-state index is 5.99. The van der Waals surface area contributed by atoms with E-state index < -0.39 is 0 Å². The van der Waals surface area contributed by atoms with Crippen molar-refractivity contribution in [1.82, 2.24) is 0 Å². The lowest BCUT2D eigenvalue weighted by Gasteiger charge is -2.17. The molecule has 0 spiro atoms. The van der Waals surface area contributed by atoms with Gasteiger partial charge in [0.2, 0.25) is 0 Å². The highest BCUT2D eigenvalue weighted by Crippen LogP contribution is 2.20. The molecule has 0 saturated carbocycles. The van der Waals surface area contributed by atoms with Crippen LogP contribution in [-0.4, -0.2) is 19.1 Å². The van der Waals surface area contributed by atoms with Crippen molar-refractivity contribution in [3.8, 4) is 0 Å². The summed E-state index contributed by atoms with van der Waals surface area (Å²) in [7, 11) is 1.68. The summed E-state index contributed by atoms with van der Waals surface area (Å²) >= 11 is 5.99. The van der Waals surface area contributed by atoms with E-state index in [1.807, 2.05) is 37.3 Å². The van der Waals surface area contributed by atoms with Gasteiger partial charge in [0.15, 0.2) is 6.29 Å². The van der Waals surface area contributed by atoms with Crippen LogP contribution in [0.5, 0.6) is 0 Å². The van der Waals surface area contributed by atoms with Crippen molar-refractivity contribution in [3.63, 3.8) is 0 Å². The van der Waals surface area contributed by atoms with Gasteiger partial charge in [-0.15, -0.1) is 11.6 Å². The quantitative estimate of drug-likeness (QED) is 0.369. The highest BCUT2D eigenvalue weighted by Gasteiger charge is 2.11. The third-order valence-corrected chi connectivity index (χ3v) is 3.30. The standard InChI is InChI=1S/C16H25ClO2/c1-13(12-14(2)17)8-7-11-19-16(18-3)15-9-5-4-6-10-15/h4-6,9-10,13-14,16H,7-8,11-12H2,1-3H3. The molecule has 0 aromatic heterocycles. The predicted molar refractivity (Wildman–Crippen MR) is 80.5 cm³/mol. The molecule has 0 aliphatic carbocycles. The van der Waals surface area contributed by atoms with Crippen LogP contribution in [0.2, 0.25) is 0 Å². The maximum absolute atomic E-state index is 5.99. The van der Waals surface area contributed by atoms with Gasteiger partial charge in [0, 0.05) is 18.1 Å².